The van der Waals surface area contributed by atoms with Gasteiger partial charge in [0.15, 0.2) is 0 Å². The molecule has 0 bridgehead atoms. The van der Waals surface area contributed by atoms with E-state index in [1.807, 2.05) is 23.6 Å². The average molecular weight is 415 g/mol. The molecule has 1 saturated heterocycles. The number of nitrogens with zero attached hydrogens (tertiary/aromatic N) is 4. The van der Waals surface area contributed by atoms with Crippen LogP contribution in [0.15, 0.2) is 0 Å². The molecule has 0 unspecified atom stereocenters. The first-order valence-corrected chi connectivity index (χ1v) is 10.0. The second-order valence-electron chi connectivity index (χ2n) is 7.70. The van der Waals surface area contributed by atoms with Crippen LogP contribution >= 0.6 is 0 Å². The summed E-state index contributed by atoms with van der Waals surface area (Å²) >= 11 is 0. The number of rotatable bonds is 9. The summed E-state index contributed by atoms with van der Waals surface area (Å²) in [5, 5.41) is 18.3. The van der Waals surface area contributed by atoms with Crippen molar-refractivity contribution in [3.05, 3.63) is 0 Å². The fourth-order valence-corrected chi connectivity index (χ4v) is 3.13. The van der Waals surface area contributed by atoms with E-state index in [1.165, 1.54) is 0 Å². The van der Waals surface area contributed by atoms with E-state index in [2.05, 4.69) is 0 Å². The molecule has 0 aromatic rings. The highest BCUT2D eigenvalue weighted by Gasteiger charge is 2.20. The van der Waals surface area contributed by atoms with Crippen molar-refractivity contribution in [2.75, 3.05) is 78.5 Å². The Morgan fingerprint density at radius 3 is 1.38 bits per heavy atom. The molecule has 0 spiro atoms. The van der Waals surface area contributed by atoms with Crippen LogP contribution in [-0.4, -0.2) is 132 Å². The number of hydrogen-bond acceptors (Lipinski definition) is 8. The average Bonchev–Trinajstić information content (AvgIpc) is 2.62. The highest BCUT2D eigenvalue weighted by Crippen LogP contribution is 2.03. The summed E-state index contributed by atoms with van der Waals surface area (Å²) in [5.74, 6) is -1.84. The molecule has 10 heteroatoms. The van der Waals surface area contributed by atoms with E-state index >= 15 is 0 Å². The highest BCUT2D eigenvalue weighted by molar-refractivity contribution is 5.82. The van der Waals surface area contributed by atoms with Crippen molar-refractivity contribution in [2.45, 2.75) is 13.8 Å². The van der Waals surface area contributed by atoms with Gasteiger partial charge in [-0.3, -0.25) is 34.0 Å². The lowest BCUT2D eigenvalue weighted by atomic mass is 10.1. The largest absolute Gasteiger partial charge is 0.480 e. The van der Waals surface area contributed by atoms with Gasteiger partial charge in [0.05, 0.1) is 26.2 Å². The van der Waals surface area contributed by atoms with Gasteiger partial charge in [0.25, 0.3) is 0 Å². The normalized spacial score (nSPS) is 19.4. The molecule has 1 aliphatic rings. The topological polar surface area (TPSA) is 122 Å². The van der Waals surface area contributed by atoms with Gasteiger partial charge in [0.1, 0.15) is 12.1 Å². The smallest absolute Gasteiger partial charge is 0.317 e. The molecule has 10 nitrogen and oxygen atoms in total. The fourth-order valence-electron chi connectivity index (χ4n) is 3.13. The van der Waals surface area contributed by atoms with Crippen molar-refractivity contribution in [3.8, 4) is 0 Å². The molecule has 0 radical (unpaired) electrons. The van der Waals surface area contributed by atoms with Crippen LogP contribution in [0.4, 0.5) is 0 Å². The Balaban J connectivity index is 2.91. The monoisotopic (exact) mass is 414 g/mol. The van der Waals surface area contributed by atoms with Crippen LogP contribution in [-0.2, 0) is 19.2 Å². The number of carbonyl (C=O) groups excluding carboxylic acids is 2. The predicted molar refractivity (Wildman–Crippen MR) is 107 cm³/mol. The summed E-state index contributed by atoms with van der Waals surface area (Å²) in [4.78, 5) is 53.1. The van der Waals surface area contributed by atoms with Crippen molar-refractivity contribution in [1.82, 2.24) is 19.6 Å². The van der Waals surface area contributed by atoms with Gasteiger partial charge in [-0.1, -0.05) is 13.8 Å². The van der Waals surface area contributed by atoms with Crippen molar-refractivity contribution in [2.24, 2.45) is 5.92 Å². The first kappa shape index (κ1) is 25.2. The van der Waals surface area contributed by atoms with E-state index in [0.29, 0.717) is 58.9 Å². The number of Topliss-reactive ketones (excluding diaryl/α,β-unsaturated/α-hetero) is 1. The van der Waals surface area contributed by atoms with E-state index in [0.717, 1.165) is 6.29 Å². The second-order valence-corrected chi connectivity index (χ2v) is 7.70. The fraction of sp³-hybridized carbons (Fsp3) is 0.789. The molecule has 166 valence electrons. The third-order valence-corrected chi connectivity index (χ3v) is 5.00. The minimum atomic E-state index is -0.942. The van der Waals surface area contributed by atoms with Crippen molar-refractivity contribution in [3.63, 3.8) is 0 Å². The molecule has 0 amide bonds. The van der Waals surface area contributed by atoms with Crippen molar-refractivity contribution >= 4 is 24.0 Å². The van der Waals surface area contributed by atoms with Crippen molar-refractivity contribution in [1.29, 1.82) is 0 Å². The molecule has 1 fully saturated rings. The Bertz CT molecular complexity index is 557. The van der Waals surface area contributed by atoms with E-state index in [-0.39, 0.29) is 31.3 Å². The van der Waals surface area contributed by atoms with Gasteiger partial charge in [-0.2, -0.15) is 0 Å². The lowest BCUT2D eigenvalue weighted by Gasteiger charge is -2.33. The summed E-state index contributed by atoms with van der Waals surface area (Å²) in [5.41, 5.74) is 0. The van der Waals surface area contributed by atoms with Crippen LogP contribution < -0.4 is 0 Å². The Kier molecular flexibility index (Phi) is 11.6. The molecule has 1 rings (SSSR count). The standard InChI is InChI=1S/C19H34N4O6/c1-16(2)17(25)13-21-5-3-20(11-12-24)4-6-22(14-18(26)27)9-10-23(8-7-21)15-19(28)29/h12,16H,3-11,13-15H2,1-2H3,(H,26,27)(H,28,29). The minimum Gasteiger partial charge on any atom is -0.480 e. The highest BCUT2D eigenvalue weighted by atomic mass is 16.4. The van der Waals surface area contributed by atoms with Gasteiger partial charge < -0.3 is 15.0 Å². The van der Waals surface area contributed by atoms with Gasteiger partial charge in [-0.15, -0.1) is 0 Å². The molecular formula is C19H34N4O6. The Hall–Kier alpha value is -1.88. The van der Waals surface area contributed by atoms with Crippen LogP contribution in [0.2, 0.25) is 0 Å². The predicted octanol–water partition coefficient (Wildman–Crippen LogP) is -1.20. The van der Waals surface area contributed by atoms with Crippen LogP contribution in [0.3, 0.4) is 0 Å². The number of ketones is 1. The molecule has 0 aromatic heterocycles. The molecule has 0 saturated carbocycles. The van der Waals surface area contributed by atoms with Crippen LogP contribution in [0.1, 0.15) is 13.8 Å². The molecule has 2 N–H and O–H groups in total. The van der Waals surface area contributed by atoms with Crippen LogP contribution in [0.25, 0.3) is 0 Å². The maximum absolute atomic E-state index is 12.2. The molecular weight excluding hydrogens is 380 g/mol. The summed E-state index contributed by atoms with van der Waals surface area (Å²) in [6, 6.07) is 0. The molecule has 0 aliphatic carbocycles. The van der Waals surface area contributed by atoms with E-state index in [4.69, 9.17) is 5.11 Å². The summed E-state index contributed by atoms with van der Waals surface area (Å²) in [6.45, 7) is 7.94. The molecule has 29 heavy (non-hydrogen) atoms. The van der Waals surface area contributed by atoms with Gasteiger partial charge in [0, 0.05) is 58.3 Å². The SMILES string of the molecule is CC(C)C(=O)CN1CCN(CC=O)CCN(CC(=O)O)CCN(CC(=O)O)CC1. The van der Waals surface area contributed by atoms with Gasteiger partial charge >= 0.3 is 11.9 Å². The summed E-state index contributed by atoms with van der Waals surface area (Å²) in [7, 11) is 0. The quantitative estimate of drug-likeness (QED) is 0.445. The zero-order valence-electron chi connectivity index (χ0n) is 17.5. The molecule has 1 heterocycles. The van der Waals surface area contributed by atoms with Crippen molar-refractivity contribution < 1.29 is 29.4 Å². The second kappa shape index (κ2) is 13.4. The summed E-state index contributed by atoms with van der Waals surface area (Å²) in [6.07, 6.45) is 0.825. The number of carboxylic acid groups (broad SMARTS) is 2. The third kappa shape index (κ3) is 11.0. The maximum Gasteiger partial charge on any atom is 0.317 e. The Morgan fingerprint density at radius 2 is 1.07 bits per heavy atom. The lowest BCUT2D eigenvalue weighted by molar-refractivity contribution is -0.140. The third-order valence-electron chi connectivity index (χ3n) is 5.00. The van der Waals surface area contributed by atoms with Crippen LogP contribution in [0.5, 0.6) is 0 Å². The number of hydrogen-bond donors (Lipinski definition) is 2. The van der Waals surface area contributed by atoms with Gasteiger partial charge in [0.2, 0.25) is 0 Å². The molecule has 1 aliphatic heterocycles. The first-order chi connectivity index (χ1) is 13.7. The van der Waals surface area contributed by atoms with Gasteiger partial charge in [-0.05, 0) is 0 Å². The number of carboxylic acids is 2. The lowest BCUT2D eigenvalue weighted by Crippen LogP contribution is -2.48. The number of aliphatic carboxylic acids is 2. The molecule has 0 aromatic carbocycles. The van der Waals surface area contributed by atoms with E-state index < -0.39 is 11.9 Å². The van der Waals surface area contributed by atoms with Gasteiger partial charge in [-0.25, -0.2) is 0 Å². The number of carbonyl (C=O) groups is 4. The number of aldehydes is 1. The zero-order chi connectivity index (χ0) is 21.8. The first-order valence-electron chi connectivity index (χ1n) is 10.0. The Labute approximate surface area is 172 Å². The minimum absolute atomic E-state index is 0.0813. The maximum atomic E-state index is 12.2. The van der Waals surface area contributed by atoms with Crippen LogP contribution in [0, 0.1) is 5.92 Å². The van der Waals surface area contributed by atoms with E-state index in [1.54, 1.807) is 9.80 Å². The van der Waals surface area contributed by atoms with E-state index in [9.17, 15) is 24.3 Å². The summed E-state index contributed by atoms with van der Waals surface area (Å²) < 4.78 is 0. The zero-order valence-corrected chi connectivity index (χ0v) is 17.5. The Morgan fingerprint density at radius 1 is 0.724 bits per heavy atom. The molecule has 0 atom stereocenters.